The first-order valence-corrected chi connectivity index (χ1v) is 14.6. The molecule has 0 saturated heterocycles. The van der Waals surface area contributed by atoms with Gasteiger partial charge in [0.2, 0.25) is 27.8 Å². The van der Waals surface area contributed by atoms with Crippen molar-refractivity contribution >= 4 is 27.7 Å². The van der Waals surface area contributed by atoms with E-state index in [9.17, 15) is 13.2 Å². The summed E-state index contributed by atoms with van der Waals surface area (Å²) >= 11 is 0. The molecule has 0 bridgehead atoms. The van der Waals surface area contributed by atoms with Crippen LogP contribution in [0.1, 0.15) is 36.6 Å². The predicted molar refractivity (Wildman–Crippen MR) is 148 cm³/mol. The Morgan fingerprint density at radius 3 is 2.45 bits per heavy atom. The summed E-state index contributed by atoms with van der Waals surface area (Å²) in [6, 6.07) is 13.0. The number of carbonyl (C=O) groups excluding carboxylic acids is 1. The van der Waals surface area contributed by atoms with E-state index in [1.165, 1.54) is 6.20 Å². The van der Waals surface area contributed by atoms with E-state index in [4.69, 9.17) is 4.74 Å². The van der Waals surface area contributed by atoms with Crippen molar-refractivity contribution in [2.45, 2.75) is 43.3 Å². The molecule has 3 heterocycles. The third-order valence-corrected chi connectivity index (χ3v) is 8.90. The lowest BCUT2D eigenvalue weighted by atomic mass is 9.80. The van der Waals surface area contributed by atoms with E-state index < -0.39 is 20.7 Å². The SMILES string of the molecule is CCOc1cncc(-c2ccc(NC(=O)C3(c4ccnc(NS(=O)(=O)C5CC5)n4)Cc4ccccc4C3)nc2)n1. The van der Waals surface area contributed by atoms with Crippen LogP contribution >= 0.6 is 0 Å². The second-order valence-electron chi connectivity index (χ2n) is 9.88. The summed E-state index contributed by atoms with van der Waals surface area (Å²) in [5.74, 6) is 0.452. The van der Waals surface area contributed by atoms with Gasteiger partial charge >= 0.3 is 0 Å². The number of anilines is 2. The number of hydrogen-bond acceptors (Lipinski definition) is 9. The molecule has 1 aromatic carbocycles. The van der Waals surface area contributed by atoms with Crippen molar-refractivity contribution in [1.29, 1.82) is 0 Å². The van der Waals surface area contributed by atoms with E-state index in [-0.39, 0.29) is 11.9 Å². The minimum absolute atomic E-state index is 0.0367. The third-order valence-electron chi connectivity index (χ3n) is 7.09. The molecule has 40 heavy (non-hydrogen) atoms. The number of amides is 1. The van der Waals surface area contributed by atoms with Crippen molar-refractivity contribution in [2.24, 2.45) is 0 Å². The third kappa shape index (κ3) is 5.09. The fourth-order valence-corrected chi connectivity index (χ4v) is 6.17. The molecule has 0 atom stereocenters. The molecule has 204 valence electrons. The highest BCUT2D eigenvalue weighted by molar-refractivity contribution is 7.93. The molecule has 2 aliphatic rings. The van der Waals surface area contributed by atoms with Gasteiger partial charge < -0.3 is 10.1 Å². The fraction of sp³-hybridized carbons (Fsp3) is 0.286. The lowest BCUT2D eigenvalue weighted by Gasteiger charge is -2.27. The monoisotopic (exact) mass is 557 g/mol. The van der Waals surface area contributed by atoms with Crippen molar-refractivity contribution < 1.29 is 17.9 Å². The van der Waals surface area contributed by atoms with Crippen LogP contribution in [0.25, 0.3) is 11.3 Å². The number of rotatable bonds is 9. The van der Waals surface area contributed by atoms with Gasteiger partial charge in [-0.25, -0.2) is 28.4 Å². The summed E-state index contributed by atoms with van der Waals surface area (Å²) < 4.78 is 33.0. The molecule has 0 aliphatic heterocycles. The van der Waals surface area contributed by atoms with Crippen LogP contribution in [0.2, 0.25) is 0 Å². The number of pyridine rings is 1. The summed E-state index contributed by atoms with van der Waals surface area (Å²) in [6.07, 6.45) is 8.30. The molecule has 4 aromatic rings. The van der Waals surface area contributed by atoms with Crippen LogP contribution in [0.4, 0.5) is 11.8 Å². The largest absolute Gasteiger partial charge is 0.477 e. The maximum atomic E-state index is 14.0. The van der Waals surface area contributed by atoms with E-state index in [0.29, 0.717) is 55.4 Å². The first kappa shape index (κ1) is 25.8. The molecule has 11 nitrogen and oxygen atoms in total. The van der Waals surface area contributed by atoms with Crippen molar-refractivity contribution in [3.8, 4) is 17.1 Å². The highest BCUT2D eigenvalue weighted by atomic mass is 32.2. The summed E-state index contributed by atoms with van der Waals surface area (Å²) in [5, 5.41) is 2.53. The normalized spacial score (nSPS) is 15.7. The van der Waals surface area contributed by atoms with E-state index in [0.717, 1.165) is 16.7 Å². The van der Waals surface area contributed by atoms with Crippen molar-refractivity contribution in [3.05, 3.63) is 84.1 Å². The molecule has 0 radical (unpaired) electrons. The number of aromatic nitrogens is 5. The molecule has 6 rings (SSSR count). The molecule has 1 saturated carbocycles. The first-order chi connectivity index (χ1) is 19.4. The lowest BCUT2D eigenvalue weighted by molar-refractivity contribution is -0.121. The Kier molecular flexibility index (Phi) is 6.62. The first-order valence-electron chi connectivity index (χ1n) is 13.0. The molecule has 1 fully saturated rings. The molecule has 1 amide bonds. The number of fused-ring (bicyclic) bond motifs is 1. The number of nitrogens with zero attached hydrogens (tertiary/aromatic N) is 5. The molecular formula is C28H27N7O4S. The van der Waals surface area contributed by atoms with Crippen molar-refractivity contribution in [2.75, 3.05) is 16.6 Å². The van der Waals surface area contributed by atoms with Gasteiger partial charge in [-0.2, -0.15) is 0 Å². The second kappa shape index (κ2) is 10.3. The van der Waals surface area contributed by atoms with Crippen molar-refractivity contribution in [3.63, 3.8) is 0 Å². The standard InChI is InChI=1S/C28H27N7O4S/c1-2-39-25-17-29-16-22(32-25)20-7-10-24(31-15-20)34-26(36)28(13-18-5-3-4-6-19(18)14-28)23-11-12-30-27(33-23)35-40(37,38)21-8-9-21/h3-7,10-12,15-17,21H,2,8-9,13-14H2,1H3,(H,30,33,35)(H,31,34,36). The maximum absolute atomic E-state index is 14.0. The number of hydrogen-bond donors (Lipinski definition) is 2. The minimum Gasteiger partial charge on any atom is -0.477 e. The molecule has 0 spiro atoms. The molecule has 0 unspecified atom stereocenters. The molecular weight excluding hydrogens is 530 g/mol. The average molecular weight is 558 g/mol. The Morgan fingerprint density at radius 2 is 1.77 bits per heavy atom. The summed E-state index contributed by atoms with van der Waals surface area (Å²) in [7, 11) is -3.56. The maximum Gasteiger partial charge on any atom is 0.238 e. The molecule has 12 heteroatoms. The Balaban J connectivity index is 1.28. The van der Waals surface area contributed by atoms with Crippen LogP contribution < -0.4 is 14.8 Å². The van der Waals surface area contributed by atoms with Crippen LogP contribution in [-0.4, -0.2) is 51.1 Å². The Hall–Kier alpha value is -4.45. The van der Waals surface area contributed by atoms with Gasteiger partial charge in [0.25, 0.3) is 0 Å². The van der Waals surface area contributed by atoms with E-state index >= 15 is 0 Å². The average Bonchev–Trinajstić information content (AvgIpc) is 3.75. The quantitative estimate of drug-likeness (QED) is 0.316. The van der Waals surface area contributed by atoms with Gasteiger partial charge in [0.15, 0.2) is 0 Å². The lowest BCUT2D eigenvalue weighted by Crippen LogP contribution is -2.42. The smallest absolute Gasteiger partial charge is 0.238 e. The molecule has 2 aliphatic carbocycles. The van der Waals surface area contributed by atoms with Crippen LogP contribution in [0.15, 0.2) is 67.3 Å². The highest BCUT2D eigenvalue weighted by Gasteiger charge is 2.47. The zero-order valence-corrected chi connectivity index (χ0v) is 22.6. The fourth-order valence-electron chi connectivity index (χ4n) is 4.90. The highest BCUT2D eigenvalue weighted by Crippen LogP contribution is 2.40. The Bertz CT molecular complexity index is 1650. The van der Waals surface area contributed by atoms with Gasteiger partial charge in [-0.05, 0) is 61.9 Å². The zero-order valence-electron chi connectivity index (χ0n) is 21.7. The van der Waals surface area contributed by atoms with E-state index in [1.807, 2.05) is 31.2 Å². The zero-order chi connectivity index (χ0) is 27.7. The van der Waals surface area contributed by atoms with E-state index in [2.05, 4.69) is 35.0 Å². The van der Waals surface area contributed by atoms with Crippen LogP contribution in [0.3, 0.4) is 0 Å². The van der Waals surface area contributed by atoms with Gasteiger partial charge in [-0.15, -0.1) is 0 Å². The summed E-state index contributed by atoms with van der Waals surface area (Å²) in [4.78, 5) is 35.7. The van der Waals surface area contributed by atoms with Gasteiger partial charge in [0.1, 0.15) is 5.82 Å². The Labute approximate surface area is 231 Å². The van der Waals surface area contributed by atoms with Gasteiger partial charge in [0.05, 0.1) is 41.1 Å². The second-order valence-corrected chi connectivity index (χ2v) is 11.8. The van der Waals surface area contributed by atoms with Crippen molar-refractivity contribution in [1.82, 2.24) is 24.9 Å². The Morgan fingerprint density at radius 1 is 1.00 bits per heavy atom. The summed E-state index contributed by atoms with van der Waals surface area (Å²) in [6.45, 7) is 2.35. The van der Waals surface area contributed by atoms with Crippen LogP contribution in [-0.2, 0) is 33.1 Å². The number of benzene rings is 1. The number of carbonyl (C=O) groups is 1. The number of ether oxygens (including phenoxy) is 1. The van der Waals surface area contributed by atoms with Gasteiger partial charge in [-0.3, -0.25) is 14.5 Å². The topological polar surface area (TPSA) is 149 Å². The van der Waals surface area contributed by atoms with Gasteiger partial charge in [0, 0.05) is 18.0 Å². The van der Waals surface area contributed by atoms with E-state index in [1.54, 1.807) is 36.8 Å². The van der Waals surface area contributed by atoms with Crippen LogP contribution in [0, 0.1) is 0 Å². The number of sulfonamides is 1. The molecule has 3 aromatic heterocycles. The number of nitrogens with one attached hydrogen (secondary N) is 2. The van der Waals surface area contributed by atoms with Gasteiger partial charge in [-0.1, -0.05) is 24.3 Å². The molecule has 2 N–H and O–H groups in total. The predicted octanol–water partition coefficient (Wildman–Crippen LogP) is 3.31. The summed E-state index contributed by atoms with van der Waals surface area (Å²) in [5.41, 5.74) is 2.74. The van der Waals surface area contributed by atoms with Crippen LogP contribution in [0.5, 0.6) is 5.88 Å². The minimum atomic E-state index is -3.56.